The third-order valence-electron chi connectivity index (χ3n) is 3.90. The lowest BCUT2D eigenvalue weighted by Gasteiger charge is -2.11. The molecule has 4 nitrogen and oxygen atoms in total. The van der Waals surface area contributed by atoms with E-state index in [0.29, 0.717) is 13.0 Å². The van der Waals surface area contributed by atoms with Gasteiger partial charge in [0, 0.05) is 6.42 Å². The maximum atomic E-state index is 10.4. The molecule has 0 aromatic heterocycles. The number of rotatable bonds is 14. The molecule has 1 aromatic rings. The fourth-order valence-electron chi connectivity index (χ4n) is 2.57. The summed E-state index contributed by atoms with van der Waals surface area (Å²) in [5, 5.41) is 8.56. The number of ether oxygens (including phenoxy) is 2. The average Bonchev–Trinajstić information content (AvgIpc) is 2.57. The molecule has 24 heavy (non-hydrogen) atoms. The van der Waals surface area contributed by atoms with E-state index in [9.17, 15) is 4.79 Å². The van der Waals surface area contributed by atoms with Crippen LogP contribution in [0.3, 0.4) is 0 Å². The fraction of sp³-hybridized carbons (Fsp3) is 0.550. The van der Waals surface area contributed by atoms with Crippen molar-refractivity contribution in [3.8, 4) is 11.5 Å². The Hall–Kier alpha value is -1.97. The monoisotopic (exact) mass is 334 g/mol. The van der Waals surface area contributed by atoms with Crippen LogP contribution in [0.4, 0.5) is 0 Å². The number of allylic oxidation sites excluding steroid dienone is 1. The number of methoxy groups -OCH3 is 1. The SMILES string of the molecule is C=CCc1ccc(OCCCCCCCCCC(=O)O)c(OC)c1. The zero-order valence-corrected chi connectivity index (χ0v) is 14.8. The first-order valence-corrected chi connectivity index (χ1v) is 8.79. The van der Waals surface area contributed by atoms with Gasteiger partial charge in [-0.2, -0.15) is 0 Å². The smallest absolute Gasteiger partial charge is 0.303 e. The lowest BCUT2D eigenvalue weighted by Crippen LogP contribution is -2.00. The van der Waals surface area contributed by atoms with Gasteiger partial charge in [-0.3, -0.25) is 4.79 Å². The highest BCUT2D eigenvalue weighted by molar-refractivity contribution is 5.66. The highest BCUT2D eigenvalue weighted by atomic mass is 16.5. The van der Waals surface area contributed by atoms with E-state index in [2.05, 4.69) is 6.58 Å². The van der Waals surface area contributed by atoms with Gasteiger partial charge in [0.15, 0.2) is 11.5 Å². The van der Waals surface area contributed by atoms with Gasteiger partial charge in [-0.25, -0.2) is 0 Å². The molecule has 1 N–H and O–H groups in total. The van der Waals surface area contributed by atoms with Crippen LogP contribution in [0.15, 0.2) is 30.9 Å². The molecule has 0 radical (unpaired) electrons. The molecule has 0 aliphatic rings. The van der Waals surface area contributed by atoms with Crippen LogP contribution in [0.1, 0.15) is 56.9 Å². The largest absolute Gasteiger partial charge is 0.493 e. The Morgan fingerprint density at radius 3 is 2.38 bits per heavy atom. The minimum absolute atomic E-state index is 0.293. The number of carboxylic acid groups (broad SMARTS) is 1. The lowest BCUT2D eigenvalue weighted by atomic mass is 10.1. The van der Waals surface area contributed by atoms with E-state index in [-0.39, 0.29) is 0 Å². The van der Waals surface area contributed by atoms with Crippen LogP contribution >= 0.6 is 0 Å². The predicted molar refractivity (Wildman–Crippen MR) is 97.0 cm³/mol. The molecule has 0 aliphatic heterocycles. The molecule has 0 fully saturated rings. The summed E-state index contributed by atoms with van der Waals surface area (Å²) in [4.78, 5) is 10.4. The molecule has 1 aromatic carbocycles. The molecule has 0 saturated carbocycles. The quantitative estimate of drug-likeness (QED) is 0.384. The summed E-state index contributed by atoms with van der Waals surface area (Å²) in [6.07, 6.45) is 10.4. The van der Waals surface area contributed by atoms with E-state index in [1.54, 1.807) is 7.11 Å². The first-order valence-electron chi connectivity index (χ1n) is 8.79. The normalized spacial score (nSPS) is 10.4. The summed E-state index contributed by atoms with van der Waals surface area (Å²) >= 11 is 0. The number of hydrogen-bond acceptors (Lipinski definition) is 3. The Labute approximate surface area is 145 Å². The summed E-state index contributed by atoms with van der Waals surface area (Å²) in [7, 11) is 1.66. The zero-order valence-electron chi connectivity index (χ0n) is 14.8. The summed E-state index contributed by atoms with van der Waals surface area (Å²) in [5.74, 6) is 0.867. The molecule has 0 atom stereocenters. The minimum Gasteiger partial charge on any atom is -0.493 e. The van der Waals surface area contributed by atoms with Gasteiger partial charge in [-0.05, 0) is 37.0 Å². The van der Waals surface area contributed by atoms with E-state index in [1.165, 1.54) is 12.8 Å². The van der Waals surface area contributed by atoms with Crippen LogP contribution in [0.25, 0.3) is 0 Å². The van der Waals surface area contributed by atoms with Gasteiger partial charge < -0.3 is 14.6 Å². The molecule has 0 unspecified atom stereocenters. The van der Waals surface area contributed by atoms with Crippen LogP contribution < -0.4 is 9.47 Å². The van der Waals surface area contributed by atoms with Gasteiger partial charge in [0.2, 0.25) is 0 Å². The number of unbranched alkanes of at least 4 members (excludes halogenated alkanes) is 6. The molecular formula is C20H30O4. The maximum Gasteiger partial charge on any atom is 0.303 e. The van der Waals surface area contributed by atoms with Gasteiger partial charge >= 0.3 is 5.97 Å². The predicted octanol–water partition coefficient (Wildman–Crippen LogP) is 5.01. The van der Waals surface area contributed by atoms with E-state index in [0.717, 1.165) is 55.6 Å². The van der Waals surface area contributed by atoms with Crippen molar-refractivity contribution >= 4 is 5.97 Å². The molecule has 134 valence electrons. The molecule has 1 rings (SSSR count). The van der Waals surface area contributed by atoms with Crippen LogP contribution in [0.5, 0.6) is 11.5 Å². The van der Waals surface area contributed by atoms with Gasteiger partial charge in [0.1, 0.15) is 0 Å². The summed E-state index contributed by atoms with van der Waals surface area (Å²) in [5.41, 5.74) is 1.16. The second kappa shape index (κ2) is 12.5. The van der Waals surface area contributed by atoms with Crippen molar-refractivity contribution in [1.29, 1.82) is 0 Å². The van der Waals surface area contributed by atoms with Crippen LogP contribution in [0, 0.1) is 0 Å². The topological polar surface area (TPSA) is 55.8 Å². The van der Waals surface area contributed by atoms with Crippen molar-refractivity contribution in [2.45, 2.75) is 57.8 Å². The van der Waals surface area contributed by atoms with Crippen molar-refractivity contribution in [2.75, 3.05) is 13.7 Å². The highest BCUT2D eigenvalue weighted by Gasteiger charge is 2.05. The van der Waals surface area contributed by atoms with E-state index in [4.69, 9.17) is 14.6 Å². The van der Waals surface area contributed by atoms with Crippen molar-refractivity contribution in [3.63, 3.8) is 0 Å². The lowest BCUT2D eigenvalue weighted by molar-refractivity contribution is -0.137. The minimum atomic E-state index is -0.694. The molecule has 0 saturated heterocycles. The highest BCUT2D eigenvalue weighted by Crippen LogP contribution is 2.28. The molecule has 0 heterocycles. The second-order valence-electron chi connectivity index (χ2n) is 5.95. The maximum absolute atomic E-state index is 10.4. The van der Waals surface area contributed by atoms with Crippen LogP contribution in [-0.4, -0.2) is 24.8 Å². The first kappa shape index (κ1) is 20.1. The molecule has 0 bridgehead atoms. The van der Waals surface area contributed by atoms with E-state index in [1.807, 2.05) is 24.3 Å². The number of aliphatic carboxylic acids is 1. The van der Waals surface area contributed by atoms with Crippen molar-refractivity contribution < 1.29 is 19.4 Å². The van der Waals surface area contributed by atoms with E-state index >= 15 is 0 Å². The standard InChI is InChI=1S/C20H30O4/c1-3-11-17-13-14-18(19(16-17)23-2)24-15-10-8-6-4-5-7-9-12-20(21)22/h3,13-14,16H,1,4-12,15H2,2H3,(H,21,22). The Morgan fingerprint density at radius 1 is 1.08 bits per heavy atom. The van der Waals surface area contributed by atoms with Crippen LogP contribution in [0.2, 0.25) is 0 Å². The first-order chi connectivity index (χ1) is 11.7. The van der Waals surface area contributed by atoms with Crippen molar-refractivity contribution in [3.05, 3.63) is 36.4 Å². The Kier molecular flexibility index (Phi) is 10.4. The third kappa shape index (κ3) is 8.61. The third-order valence-corrected chi connectivity index (χ3v) is 3.90. The Morgan fingerprint density at radius 2 is 1.75 bits per heavy atom. The number of benzene rings is 1. The summed E-state index contributed by atoms with van der Waals surface area (Å²) < 4.78 is 11.2. The Bertz CT molecular complexity index is 496. The zero-order chi connectivity index (χ0) is 17.6. The number of carbonyl (C=O) groups is 1. The summed E-state index contributed by atoms with van der Waals surface area (Å²) in [6, 6.07) is 5.99. The summed E-state index contributed by atoms with van der Waals surface area (Å²) in [6.45, 7) is 4.44. The molecule has 0 spiro atoms. The Balaban J connectivity index is 2.12. The fourth-order valence-corrected chi connectivity index (χ4v) is 2.57. The molecule has 0 amide bonds. The van der Waals surface area contributed by atoms with Gasteiger partial charge in [-0.1, -0.05) is 44.2 Å². The van der Waals surface area contributed by atoms with Gasteiger partial charge in [-0.15, -0.1) is 6.58 Å². The van der Waals surface area contributed by atoms with Crippen molar-refractivity contribution in [2.24, 2.45) is 0 Å². The average molecular weight is 334 g/mol. The van der Waals surface area contributed by atoms with E-state index < -0.39 is 5.97 Å². The van der Waals surface area contributed by atoms with Crippen LogP contribution in [-0.2, 0) is 11.2 Å². The number of carboxylic acids is 1. The van der Waals surface area contributed by atoms with Crippen molar-refractivity contribution in [1.82, 2.24) is 0 Å². The second-order valence-corrected chi connectivity index (χ2v) is 5.95. The van der Waals surface area contributed by atoms with Gasteiger partial charge in [0.05, 0.1) is 13.7 Å². The molecular weight excluding hydrogens is 304 g/mol. The number of hydrogen-bond donors (Lipinski definition) is 1. The molecule has 0 aliphatic carbocycles. The van der Waals surface area contributed by atoms with Gasteiger partial charge in [0.25, 0.3) is 0 Å². The molecule has 4 heteroatoms.